The van der Waals surface area contributed by atoms with E-state index in [0.29, 0.717) is 11.8 Å². The van der Waals surface area contributed by atoms with Gasteiger partial charge in [-0.15, -0.1) is 0 Å². The molecule has 1 fully saturated rings. The van der Waals surface area contributed by atoms with E-state index in [1.807, 2.05) is 19.2 Å². The molecule has 2 aromatic rings. The molecule has 5 rings (SSSR count). The van der Waals surface area contributed by atoms with Gasteiger partial charge in [0.1, 0.15) is 11.3 Å². The summed E-state index contributed by atoms with van der Waals surface area (Å²) in [6, 6.07) is 12.5. The van der Waals surface area contributed by atoms with Gasteiger partial charge in [-0.1, -0.05) is 24.3 Å². The number of carbonyl (C=O) groups is 1. The maximum Gasteiger partial charge on any atom is 0.264 e. The molecule has 1 atom stereocenters. The number of hydrogen-bond acceptors (Lipinski definition) is 3. The van der Waals surface area contributed by atoms with Gasteiger partial charge in [-0.05, 0) is 48.9 Å². The highest BCUT2D eigenvalue weighted by Gasteiger charge is 2.51. The number of aliphatic imine (C=N–C) groups is 1. The quantitative estimate of drug-likeness (QED) is 0.880. The predicted molar refractivity (Wildman–Crippen MR) is 92.4 cm³/mol. The Morgan fingerprint density at radius 2 is 2.00 bits per heavy atom. The summed E-state index contributed by atoms with van der Waals surface area (Å²) in [6.45, 7) is 0. The molecule has 4 nitrogen and oxygen atoms in total. The fraction of sp³-hybridized carbons (Fsp3) is 0.350. The molecule has 1 N–H and O–H groups in total. The molecule has 1 aromatic carbocycles. The average molecular weight is 317 g/mol. The Morgan fingerprint density at radius 1 is 1.17 bits per heavy atom. The molecule has 4 heteroatoms. The van der Waals surface area contributed by atoms with Gasteiger partial charge in [0.15, 0.2) is 0 Å². The standard InChI is InChI=1S/C20H19N3O/c1-21-18-14-8-9-16(13-6-7-13)22-17(14)20(19(24)23-18)11-10-12-4-2-3-5-15(12)20/h2-5,8-9,13H,6-7,10-11H2,1H3,(H,21,23,24). The van der Waals surface area contributed by atoms with Crippen molar-refractivity contribution in [2.24, 2.45) is 4.99 Å². The van der Waals surface area contributed by atoms with Gasteiger partial charge in [0.25, 0.3) is 5.91 Å². The summed E-state index contributed by atoms with van der Waals surface area (Å²) in [7, 11) is 1.81. The van der Waals surface area contributed by atoms with Crippen LogP contribution in [0.25, 0.3) is 0 Å². The number of benzene rings is 1. The van der Waals surface area contributed by atoms with Crippen LogP contribution < -0.4 is 5.32 Å². The lowest BCUT2D eigenvalue weighted by Crippen LogP contribution is -2.43. The van der Waals surface area contributed by atoms with Crippen molar-refractivity contribution in [3.63, 3.8) is 0 Å². The van der Waals surface area contributed by atoms with E-state index in [2.05, 4.69) is 34.6 Å². The maximum atomic E-state index is 13.1. The van der Waals surface area contributed by atoms with Crippen LogP contribution >= 0.6 is 0 Å². The Kier molecular flexibility index (Phi) is 2.76. The number of amides is 1. The Balaban J connectivity index is 1.80. The molecule has 1 unspecified atom stereocenters. The zero-order valence-electron chi connectivity index (χ0n) is 13.7. The van der Waals surface area contributed by atoms with Gasteiger partial charge in [0, 0.05) is 24.2 Å². The van der Waals surface area contributed by atoms with E-state index in [0.717, 1.165) is 35.4 Å². The molecule has 24 heavy (non-hydrogen) atoms. The molecule has 1 saturated carbocycles. The molecule has 0 radical (unpaired) electrons. The summed E-state index contributed by atoms with van der Waals surface area (Å²) in [6.07, 6.45) is 4.08. The Bertz CT molecular complexity index is 898. The number of fused-ring (bicyclic) bond motifs is 4. The highest BCUT2D eigenvalue weighted by molar-refractivity contribution is 6.13. The second-order valence-electron chi connectivity index (χ2n) is 6.98. The lowest BCUT2D eigenvalue weighted by Gasteiger charge is -2.32. The molecule has 1 aliphatic heterocycles. The number of aromatic nitrogens is 1. The smallest absolute Gasteiger partial charge is 0.264 e. The maximum absolute atomic E-state index is 13.1. The summed E-state index contributed by atoms with van der Waals surface area (Å²) in [5.74, 6) is 1.13. The minimum absolute atomic E-state index is 0.0789. The van der Waals surface area contributed by atoms with Crippen molar-refractivity contribution < 1.29 is 4.79 Å². The summed E-state index contributed by atoms with van der Waals surface area (Å²) >= 11 is 0. The van der Waals surface area contributed by atoms with Crippen molar-refractivity contribution in [3.8, 4) is 0 Å². The van der Waals surface area contributed by atoms with Crippen molar-refractivity contribution in [2.75, 3.05) is 7.05 Å². The number of pyridine rings is 1. The van der Waals surface area contributed by atoms with Crippen LogP contribution in [0.3, 0.4) is 0 Å². The van der Waals surface area contributed by atoms with Gasteiger partial charge in [-0.25, -0.2) is 0 Å². The van der Waals surface area contributed by atoms with Crippen molar-refractivity contribution in [3.05, 3.63) is 64.5 Å². The molecule has 3 aliphatic rings. The molecule has 0 bridgehead atoms. The lowest BCUT2D eigenvalue weighted by molar-refractivity contribution is -0.122. The zero-order valence-corrected chi connectivity index (χ0v) is 13.7. The van der Waals surface area contributed by atoms with Gasteiger partial charge in [-0.3, -0.25) is 9.78 Å². The number of carbonyl (C=O) groups excluding carboxylic acids is 1. The molecular weight excluding hydrogens is 298 g/mol. The first kappa shape index (κ1) is 13.9. The Morgan fingerprint density at radius 3 is 2.79 bits per heavy atom. The highest BCUT2D eigenvalue weighted by atomic mass is 16.1. The van der Waals surface area contributed by atoms with Gasteiger partial charge >= 0.3 is 0 Å². The van der Waals surface area contributed by atoms with Gasteiger partial charge in [0.05, 0.1) is 5.69 Å². The van der Waals surface area contributed by atoms with E-state index in [1.54, 1.807) is 0 Å². The van der Waals surface area contributed by atoms with E-state index >= 15 is 0 Å². The normalized spacial score (nSPS) is 24.5. The molecule has 1 spiro atoms. The third kappa shape index (κ3) is 1.71. The largest absolute Gasteiger partial charge is 0.372 e. The molecule has 0 saturated heterocycles. The summed E-state index contributed by atoms with van der Waals surface area (Å²) in [5, 5.41) is 3.07. The van der Waals surface area contributed by atoms with Crippen molar-refractivity contribution >= 4 is 11.7 Å². The van der Waals surface area contributed by atoms with E-state index in [9.17, 15) is 4.79 Å². The van der Waals surface area contributed by atoms with Gasteiger partial charge in [-0.2, -0.15) is 4.99 Å². The van der Waals surface area contributed by atoms with Gasteiger partial charge in [0.2, 0.25) is 0 Å². The first-order valence-electron chi connectivity index (χ1n) is 8.65. The SMILES string of the molecule is CNC1=NC(=O)C2(CCc3ccccc32)c2nc(C3CC3)ccc21. The monoisotopic (exact) mass is 317 g/mol. The fourth-order valence-electron chi connectivity index (χ4n) is 4.23. The molecule has 1 aromatic heterocycles. The highest BCUT2D eigenvalue weighted by Crippen LogP contribution is 2.48. The molecular formula is C20H19N3O. The van der Waals surface area contributed by atoms with Crippen molar-refractivity contribution in [1.82, 2.24) is 10.3 Å². The lowest BCUT2D eigenvalue weighted by atomic mass is 9.74. The minimum atomic E-state index is -0.697. The van der Waals surface area contributed by atoms with Crippen LogP contribution in [-0.4, -0.2) is 23.8 Å². The minimum Gasteiger partial charge on any atom is -0.372 e. The van der Waals surface area contributed by atoms with E-state index in [1.165, 1.54) is 18.4 Å². The van der Waals surface area contributed by atoms with Crippen LogP contribution in [0.1, 0.15) is 53.3 Å². The third-order valence-corrected chi connectivity index (χ3v) is 5.63. The zero-order chi connectivity index (χ0) is 16.3. The second kappa shape index (κ2) is 4.76. The molecule has 2 heterocycles. The molecule has 2 aliphatic carbocycles. The average Bonchev–Trinajstić information content (AvgIpc) is 3.40. The van der Waals surface area contributed by atoms with Gasteiger partial charge < -0.3 is 5.32 Å². The second-order valence-corrected chi connectivity index (χ2v) is 6.98. The molecule has 120 valence electrons. The summed E-state index contributed by atoms with van der Waals surface area (Å²) in [4.78, 5) is 22.6. The van der Waals surface area contributed by atoms with E-state index in [-0.39, 0.29) is 5.91 Å². The number of nitrogens with one attached hydrogen (secondary N) is 1. The molecule has 1 amide bonds. The summed E-state index contributed by atoms with van der Waals surface area (Å²) in [5.41, 5.74) is 4.65. The number of rotatable bonds is 1. The van der Waals surface area contributed by atoms with E-state index < -0.39 is 5.41 Å². The summed E-state index contributed by atoms with van der Waals surface area (Å²) < 4.78 is 0. The predicted octanol–water partition coefficient (Wildman–Crippen LogP) is 2.70. The van der Waals surface area contributed by atoms with Crippen LogP contribution in [-0.2, 0) is 16.6 Å². The van der Waals surface area contributed by atoms with Crippen LogP contribution in [0.15, 0.2) is 41.4 Å². The number of amidine groups is 1. The van der Waals surface area contributed by atoms with Crippen molar-refractivity contribution in [1.29, 1.82) is 0 Å². The van der Waals surface area contributed by atoms with Crippen LogP contribution in [0.5, 0.6) is 0 Å². The Hall–Kier alpha value is -2.49. The van der Waals surface area contributed by atoms with Crippen LogP contribution in [0, 0.1) is 0 Å². The number of nitrogens with zero attached hydrogens (tertiary/aromatic N) is 2. The Labute approximate surface area is 141 Å². The number of hydrogen-bond donors (Lipinski definition) is 1. The van der Waals surface area contributed by atoms with E-state index in [4.69, 9.17) is 4.98 Å². The first-order valence-corrected chi connectivity index (χ1v) is 8.65. The third-order valence-electron chi connectivity index (χ3n) is 5.63. The van der Waals surface area contributed by atoms with Crippen LogP contribution in [0.2, 0.25) is 0 Å². The van der Waals surface area contributed by atoms with Crippen molar-refractivity contribution in [2.45, 2.75) is 37.0 Å². The van der Waals surface area contributed by atoms with Crippen LogP contribution in [0.4, 0.5) is 0 Å². The topological polar surface area (TPSA) is 54.4 Å². The first-order chi connectivity index (χ1) is 11.7. The number of aryl methyl sites for hydroxylation is 1. The fourth-order valence-corrected chi connectivity index (χ4v) is 4.23.